The number of hydrogen-bond donors (Lipinski definition) is 1. The molecule has 1 N–H and O–H groups in total. The van der Waals surface area contributed by atoms with Crippen LogP contribution in [0.2, 0.25) is 5.02 Å². The zero-order chi connectivity index (χ0) is 11.4. The molecule has 0 aliphatic rings. The quantitative estimate of drug-likeness (QED) is 0.905. The lowest BCUT2D eigenvalue weighted by Gasteiger charge is -1.97. The third-order valence-corrected chi connectivity index (χ3v) is 3.47. The van der Waals surface area contributed by atoms with Crippen molar-refractivity contribution >= 4 is 22.9 Å². The Labute approximate surface area is 104 Å². The maximum atomic E-state index is 5.84. The van der Waals surface area contributed by atoms with E-state index in [-0.39, 0.29) is 0 Å². The number of rotatable bonds is 4. The van der Waals surface area contributed by atoms with Gasteiger partial charge in [-0.25, -0.2) is 4.98 Å². The van der Waals surface area contributed by atoms with Gasteiger partial charge in [-0.05, 0) is 24.7 Å². The Morgan fingerprint density at radius 1 is 1.31 bits per heavy atom. The summed E-state index contributed by atoms with van der Waals surface area (Å²) in [6.07, 6.45) is 2.82. The van der Waals surface area contributed by atoms with Gasteiger partial charge in [0.25, 0.3) is 0 Å². The summed E-state index contributed by atoms with van der Waals surface area (Å²) in [5, 5.41) is 5.04. The molecule has 2 aromatic rings. The number of nitrogens with one attached hydrogen (secondary N) is 1. The molecule has 0 fully saturated rings. The molecule has 0 atom stereocenters. The topological polar surface area (TPSA) is 24.9 Å². The Morgan fingerprint density at radius 3 is 2.75 bits per heavy atom. The zero-order valence-corrected chi connectivity index (χ0v) is 10.6. The molecule has 0 aliphatic carbocycles. The fourth-order valence-corrected chi connectivity index (χ4v) is 2.56. The minimum Gasteiger partial charge on any atom is -0.315 e. The summed E-state index contributed by atoms with van der Waals surface area (Å²) >= 11 is 7.59. The van der Waals surface area contributed by atoms with Crippen molar-refractivity contribution in [2.24, 2.45) is 0 Å². The van der Waals surface area contributed by atoms with Crippen molar-refractivity contribution in [1.29, 1.82) is 0 Å². The van der Waals surface area contributed by atoms with Crippen molar-refractivity contribution in [2.75, 3.05) is 7.05 Å². The largest absolute Gasteiger partial charge is 0.315 e. The highest BCUT2D eigenvalue weighted by atomic mass is 35.5. The summed E-state index contributed by atoms with van der Waals surface area (Å²) in [4.78, 5) is 5.67. The molecule has 2 rings (SSSR count). The van der Waals surface area contributed by atoms with Gasteiger partial charge in [-0.3, -0.25) is 0 Å². The van der Waals surface area contributed by atoms with Crippen LogP contribution in [0.4, 0.5) is 0 Å². The summed E-state index contributed by atoms with van der Waals surface area (Å²) in [6.45, 7) is 0.887. The molecule has 0 amide bonds. The van der Waals surface area contributed by atoms with E-state index in [0.29, 0.717) is 0 Å². The average Bonchev–Trinajstić information content (AvgIpc) is 2.70. The lowest BCUT2D eigenvalue weighted by Crippen LogP contribution is -2.02. The van der Waals surface area contributed by atoms with E-state index in [1.165, 1.54) is 10.4 Å². The van der Waals surface area contributed by atoms with Gasteiger partial charge in [0.2, 0.25) is 0 Å². The summed E-state index contributed by atoms with van der Waals surface area (Å²) in [7, 11) is 1.94. The van der Waals surface area contributed by atoms with Crippen LogP contribution in [0.3, 0.4) is 0 Å². The Hall–Kier alpha value is -0.900. The van der Waals surface area contributed by atoms with Gasteiger partial charge in [-0.15, -0.1) is 11.3 Å². The number of aromatic nitrogens is 1. The van der Waals surface area contributed by atoms with Crippen LogP contribution in [0.15, 0.2) is 30.5 Å². The molecule has 0 saturated heterocycles. The van der Waals surface area contributed by atoms with Crippen LogP contribution in [0, 0.1) is 0 Å². The smallest absolute Gasteiger partial charge is 0.0971 e. The van der Waals surface area contributed by atoms with Crippen molar-refractivity contribution < 1.29 is 0 Å². The van der Waals surface area contributed by atoms with E-state index in [1.807, 2.05) is 37.5 Å². The van der Waals surface area contributed by atoms with Gasteiger partial charge in [0.15, 0.2) is 0 Å². The fraction of sp³-hybridized carbons (Fsp3) is 0.250. The highest BCUT2D eigenvalue weighted by Gasteiger charge is 2.02. The minimum atomic E-state index is 0.777. The highest BCUT2D eigenvalue weighted by Crippen LogP contribution is 2.18. The van der Waals surface area contributed by atoms with E-state index in [1.54, 1.807) is 11.3 Å². The number of thiazole rings is 1. The summed E-state index contributed by atoms with van der Waals surface area (Å²) in [5.74, 6) is 0. The molecule has 4 heteroatoms. The first-order valence-electron chi connectivity index (χ1n) is 5.10. The molecule has 0 saturated carbocycles. The van der Waals surface area contributed by atoms with Crippen LogP contribution in [0.25, 0.3) is 0 Å². The van der Waals surface area contributed by atoms with E-state index in [9.17, 15) is 0 Å². The monoisotopic (exact) mass is 252 g/mol. The predicted molar refractivity (Wildman–Crippen MR) is 69.1 cm³/mol. The van der Waals surface area contributed by atoms with Crippen LogP contribution >= 0.6 is 22.9 Å². The van der Waals surface area contributed by atoms with Crippen molar-refractivity contribution in [3.05, 3.63) is 50.9 Å². The Bertz CT molecular complexity index is 450. The first-order valence-corrected chi connectivity index (χ1v) is 6.30. The molecule has 0 aliphatic heterocycles. The highest BCUT2D eigenvalue weighted by molar-refractivity contribution is 7.11. The molecule has 0 radical (unpaired) electrons. The lowest BCUT2D eigenvalue weighted by molar-refractivity contribution is 0.829. The first kappa shape index (κ1) is 11.6. The van der Waals surface area contributed by atoms with Gasteiger partial charge in [0.05, 0.1) is 5.01 Å². The van der Waals surface area contributed by atoms with Gasteiger partial charge in [-0.1, -0.05) is 23.7 Å². The molecular weight excluding hydrogens is 240 g/mol. The van der Waals surface area contributed by atoms with E-state index >= 15 is 0 Å². The van der Waals surface area contributed by atoms with Crippen molar-refractivity contribution in [2.45, 2.75) is 13.0 Å². The second-order valence-electron chi connectivity index (χ2n) is 3.55. The van der Waals surface area contributed by atoms with Crippen molar-refractivity contribution in [1.82, 2.24) is 10.3 Å². The maximum Gasteiger partial charge on any atom is 0.0971 e. The molecule has 16 heavy (non-hydrogen) atoms. The van der Waals surface area contributed by atoms with Gasteiger partial charge >= 0.3 is 0 Å². The molecule has 0 unspecified atom stereocenters. The lowest BCUT2D eigenvalue weighted by atomic mass is 10.2. The first-order chi connectivity index (χ1) is 7.78. The van der Waals surface area contributed by atoms with Gasteiger partial charge in [0, 0.05) is 29.1 Å². The number of nitrogens with zero attached hydrogens (tertiary/aromatic N) is 1. The molecule has 2 nitrogen and oxygen atoms in total. The standard InChI is InChI=1S/C12H13ClN2S/c1-14-7-11-8-15-12(16-11)6-9-2-4-10(13)5-3-9/h2-5,8,14H,6-7H2,1H3. The molecular formula is C12H13ClN2S. The molecule has 84 valence electrons. The number of halogens is 1. The van der Waals surface area contributed by atoms with E-state index in [4.69, 9.17) is 11.6 Å². The SMILES string of the molecule is CNCc1cnc(Cc2ccc(Cl)cc2)s1. The molecule has 1 aromatic carbocycles. The van der Waals surface area contributed by atoms with E-state index in [0.717, 1.165) is 23.0 Å². The Morgan fingerprint density at radius 2 is 2.06 bits per heavy atom. The van der Waals surface area contributed by atoms with E-state index in [2.05, 4.69) is 10.3 Å². The zero-order valence-electron chi connectivity index (χ0n) is 9.03. The minimum absolute atomic E-state index is 0.777. The summed E-state index contributed by atoms with van der Waals surface area (Å²) in [6, 6.07) is 7.92. The number of hydrogen-bond acceptors (Lipinski definition) is 3. The van der Waals surface area contributed by atoms with Gasteiger partial charge < -0.3 is 5.32 Å². The van der Waals surface area contributed by atoms with Crippen LogP contribution < -0.4 is 5.32 Å². The maximum absolute atomic E-state index is 5.84. The third-order valence-electron chi connectivity index (χ3n) is 2.22. The van der Waals surface area contributed by atoms with Gasteiger partial charge in [0.1, 0.15) is 0 Å². The molecule has 0 bridgehead atoms. The average molecular weight is 253 g/mol. The third kappa shape index (κ3) is 3.04. The van der Waals surface area contributed by atoms with Crippen LogP contribution in [0.1, 0.15) is 15.4 Å². The van der Waals surface area contributed by atoms with Crippen molar-refractivity contribution in [3.63, 3.8) is 0 Å². The van der Waals surface area contributed by atoms with Gasteiger partial charge in [-0.2, -0.15) is 0 Å². The van der Waals surface area contributed by atoms with Crippen LogP contribution in [0.5, 0.6) is 0 Å². The van der Waals surface area contributed by atoms with Crippen molar-refractivity contribution in [3.8, 4) is 0 Å². The summed E-state index contributed by atoms with van der Waals surface area (Å²) < 4.78 is 0. The number of benzene rings is 1. The normalized spacial score (nSPS) is 10.6. The Kier molecular flexibility index (Phi) is 3.93. The van der Waals surface area contributed by atoms with Crippen LogP contribution in [-0.2, 0) is 13.0 Å². The second kappa shape index (κ2) is 5.43. The summed E-state index contributed by atoms with van der Waals surface area (Å²) in [5.41, 5.74) is 1.25. The van der Waals surface area contributed by atoms with Crippen LogP contribution in [-0.4, -0.2) is 12.0 Å². The predicted octanol–water partition coefficient (Wildman–Crippen LogP) is 3.11. The molecule has 1 aromatic heterocycles. The fourth-order valence-electron chi connectivity index (χ4n) is 1.46. The van der Waals surface area contributed by atoms with E-state index < -0.39 is 0 Å². The Balaban J connectivity index is 2.05. The molecule has 0 spiro atoms. The second-order valence-corrected chi connectivity index (χ2v) is 5.19. The molecule has 1 heterocycles.